The second-order valence-electron chi connectivity index (χ2n) is 5.09. The SMILES string of the molecule is CC(CN1CCCCC1)OC(=O)c1cccc(F)c1.[Cl-]. The summed E-state index contributed by atoms with van der Waals surface area (Å²) in [5.41, 5.74) is 0.269. The molecule has 0 aromatic heterocycles. The number of benzene rings is 1. The lowest BCUT2D eigenvalue weighted by atomic mass is 10.1. The average molecular weight is 301 g/mol. The third-order valence-corrected chi connectivity index (χ3v) is 3.33. The van der Waals surface area contributed by atoms with Gasteiger partial charge in [0.25, 0.3) is 0 Å². The highest BCUT2D eigenvalue weighted by Crippen LogP contribution is 2.11. The van der Waals surface area contributed by atoms with E-state index in [4.69, 9.17) is 4.74 Å². The van der Waals surface area contributed by atoms with E-state index in [9.17, 15) is 9.18 Å². The number of ether oxygens (including phenoxy) is 1. The van der Waals surface area contributed by atoms with E-state index in [1.54, 1.807) is 6.07 Å². The molecule has 1 unspecified atom stereocenters. The molecule has 112 valence electrons. The average Bonchev–Trinajstić information content (AvgIpc) is 2.39. The lowest BCUT2D eigenvalue weighted by molar-refractivity contribution is -0.0000438. The van der Waals surface area contributed by atoms with E-state index in [1.165, 1.54) is 37.5 Å². The summed E-state index contributed by atoms with van der Waals surface area (Å²) < 4.78 is 18.4. The summed E-state index contributed by atoms with van der Waals surface area (Å²) in [6, 6.07) is 5.60. The molecule has 0 bridgehead atoms. The summed E-state index contributed by atoms with van der Waals surface area (Å²) in [7, 11) is 0. The Morgan fingerprint density at radius 2 is 2.05 bits per heavy atom. The molecule has 0 aliphatic carbocycles. The van der Waals surface area contributed by atoms with Gasteiger partial charge in [-0.3, -0.25) is 4.90 Å². The van der Waals surface area contributed by atoms with Crippen LogP contribution in [0, 0.1) is 5.82 Å². The Morgan fingerprint density at radius 3 is 2.70 bits per heavy atom. The number of nitrogens with zero attached hydrogens (tertiary/aromatic N) is 1. The van der Waals surface area contributed by atoms with Gasteiger partial charge in [-0.25, -0.2) is 9.18 Å². The molecule has 1 fully saturated rings. The van der Waals surface area contributed by atoms with Crippen LogP contribution in [0.4, 0.5) is 4.39 Å². The molecule has 5 heteroatoms. The molecular formula is C15H20ClFNO2-. The predicted octanol–water partition coefficient (Wildman–Crippen LogP) is -0.139. The number of hydrogen-bond donors (Lipinski definition) is 0. The van der Waals surface area contributed by atoms with Crippen LogP contribution in [-0.4, -0.2) is 36.6 Å². The van der Waals surface area contributed by atoms with Crippen molar-refractivity contribution in [1.82, 2.24) is 4.90 Å². The van der Waals surface area contributed by atoms with Crippen molar-refractivity contribution in [3.63, 3.8) is 0 Å². The Hall–Kier alpha value is -1.13. The zero-order chi connectivity index (χ0) is 13.7. The minimum absolute atomic E-state index is 0. The van der Waals surface area contributed by atoms with E-state index >= 15 is 0 Å². The molecule has 1 aromatic carbocycles. The molecule has 1 aromatic rings. The number of likely N-dealkylation sites (tertiary alicyclic amines) is 1. The number of halogens is 2. The number of carbonyl (C=O) groups is 1. The first-order valence-electron chi connectivity index (χ1n) is 6.84. The van der Waals surface area contributed by atoms with Crippen molar-refractivity contribution < 1.29 is 26.3 Å². The first-order chi connectivity index (χ1) is 9.15. The Bertz CT molecular complexity index is 436. The van der Waals surface area contributed by atoms with Crippen LogP contribution in [0.2, 0.25) is 0 Å². The van der Waals surface area contributed by atoms with Crippen molar-refractivity contribution in [2.24, 2.45) is 0 Å². The van der Waals surface area contributed by atoms with E-state index in [1.807, 2.05) is 6.92 Å². The van der Waals surface area contributed by atoms with E-state index in [0.717, 1.165) is 19.6 Å². The molecule has 1 atom stereocenters. The van der Waals surface area contributed by atoms with E-state index in [2.05, 4.69) is 4.90 Å². The highest BCUT2D eigenvalue weighted by atomic mass is 35.5. The minimum atomic E-state index is -0.455. The van der Waals surface area contributed by atoms with Gasteiger partial charge in [0.15, 0.2) is 0 Å². The van der Waals surface area contributed by atoms with Crippen molar-refractivity contribution in [3.05, 3.63) is 35.6 Å². The Morgan fingerprint density at radius 1 is 1.35 bits per heavy atom. The fourth-order valence-electron chi connectivity index (χ4n) is 2.41. The zero-order valence-corrected chi connectivity index (χ0v) is 12.4. The molecule has 0 saturated carbocycles. The summed E-state index contributed by atoms with van der Waals surface area (Å²) in [6.07, 6.45) is 3.54. The largest absolute Gasteiger partial charge is 1.00 e. The molecule has 0 N–H and O–H groups in total. The second-order valence-corrected chi connectivity index (χ2v) is 5.09. The number of esters is 1. The molecule has 20 heavy (non-hydrogen) atoms. The lowest BCUT2D eigenvalue weighted by Gasteiger charge is -2.28. The van der Waals surface area contributed by atoms with Crippen LogP contribution in [0.1, 0.15) is 36.5 Å². The van der Waals surface area contributed by atoms with Gasteiger partial charge in [0.1, 0.15) is 11.9 Å². The van der Waals surface area contributed by atoms with Gasteiger partial charge in [-0.15, -0.1) is 0 Å². The van der Waals surface area contributed by atoms with Crippen LogP contribution in [0.3, 0.4) is 0 Å². The smallest absolute Gasteiger partial charge is 0.338 e. The van der Waals surface area contributed by atoms with Crippen molar-refractivity contribution >= 4 is 5.97 Å². The third-order valence-electron chi connectivity index (χ3n) is 3.33. The van der Waals surface area contributed by atoms with Gasteiger partial charge in [0.2, 0.25) is 0 Å². The number of hydrogen-bond acceptors (Lipinski definition) is 3. The summed E-state index contributed by atoms with van der Waals surface area (Å²) in [6.45, 7) is 4.77. The van der Waals surface area contributed by atoms with Gasteiger partial charge in [-0.1, -0.05) is 12.5 Å². The molecular weight excluding hydrogens is 281 g/mol. The highest BCUT2D eigenvalue weighted by molar-refractivity contribution is 5.89. The van der Waals surface area contributed by atoms with E-state index in [0.29, 0.717) is 0 Å². The normalized spacial score (nSPS) is 17.1. The van der Waals surface area contributed by atoms with Crippen LogP contribution in [0.15, 0.2) is 24.3 Å². The fourth-order valence-corrected chi connectivity index (χ4v) is 2.41. The van der Waals surface area contributed by atoms with E-state index < -0.39 is 11.8 Å². The quantitative estimate of drug-likeness (QED) is 0.725. The topological polar surface area (TPSA) is 29.5 Å². The zero-order valence-electron chi connectivity index (χ0n) is 11.6. The predicted molar refractivity (Wildman–Crippen MR) is 71.6 cm³/mol. The second kappa shape index (κ2) is 8.22. The molecule has 0 amide bonds. The molecule has 0 radical (unpaired) electrons. The highest BCUT2D eigenvalue weighted by Gasteiger charge is 2.17. The summed E-state index contributed by atoms with van der Waals surface area (Å²) in [4.78, 5) is 14.2. The van der Waals surface area contributed by atoms with Gasteiger partial charge in [-0.05, 0) is 51.1 Å². The summed E-state index contributed by atoms with van der Waals surface area (Å²) in [5.74, 6) is -0.873. The Balaban J connectivity index is 0.00000200. The summed E-state index contributed by atoms with van der Waals surface area (Å²) >= 11 is 0. The van der Waals surface area contributed by atoms with Crippen LogP contribution >= 0.6 is 0 Å². The standard InChI is InChI=1S/C15H20FNO2.ClH/c1-12(11-17-8-3-2-4-9-17)19-15(18)13-6-5-7-14(16)10-13;/h5-7,10,12H,2-4,8-9,11H2,1H3;1H/p-1. The monoisotopic (exact) mass is 300 g/mol. The van der Waals surface area contributed by atoms with E-state index in [-0.39, 0.29) is 24.1 Å². The van der Waals surface area contributed by atoms with Gasteiger partial charge in [-0.2, -0.15) is 0 Å². The number of piperidine rings is 1. The van der Waals surface area contributed by atoms with Gasteiger partial charge in [0, 0.05) is 6.54 Å². The molecule has 1 aliphatic rings. The lowest BCUT2D eigenvalue weighted by Crippen LogP contribution is -3.00. The summed E-state index contributed by atoms with van der Waals surface area (Å²) in [5, 5.41) is 0. The number of rotatable bonds is 4. The van der Waals surface area contributed by atoms with Crippen molar-refractivity contribution in [3.8, 4) is 0 Å². The number of carbonyl (C=O) groups excluding carboxylic acids is 1. The first kappa shape index (κ1) is 16.9. The Kier molecular flexibility index (Phi) is 6.96. The van der Waals surface area contributed by atoms with Crippen LogP contribution in [0.25, 0.3) is 0 Å². The maximum atomic E-state index is 13.0. The van der Waals surface area contributed by atoms with Gasteiger partial charge < -0.3 is 17.1 Å². The van der Waals surface area contributed by atoms with Crippen LogP contribution in [-0.2, 0) is 4.74 Å². The van der Waals surface area contributed by atoms with Crippen molar-refractivity contribution in [1.29, 1.82) is 0 Å². The Labute approximate surface area is 125 Å². The first-order valence-corrected chi connectivity index (χ1v) is 6.84. The molecule has 3 nitrogen and oxygen atoms in total. The molecule has 0 spiro atoms. The molecule has 1 saturated heterocycles. The third kappa shape index (κ3) is 5.10. The van der Waals surface area contributed by atoms with Crippen molar-refractivity contribution in [2.45, 2.75) is 32.3 Å². The molecule has 1 heterocycles. The van der Waals surface area contributed by atoms with Crippen molar-refractivity contribution in [2.75, 3.05) is 19.6 Å². The van der Waals surface area contributed by atoms with Crippen LogP contribution < -0.4 is 12.4 Å². The molecule has 2 rings (SSSR count). The fraction of sp³-hybridized carbons (Fsp3) is 0.533. The van der Waals surface area contributed by atoms with Crippen LogP contribution in [0.5, 0.6) is 0 Å². The van der Waals surface area contributed by atoms with Gasteiger partial charge in [0.05, 0.1) is 5.56 Å². The molecule has 1 aliphatic heterocycles. The minimum Gasteiger partial charge on any atom is -1.00 e. The van der Waals surface area contributed by atoms with Gasteiger partial charge >= 0.3 is 5.97 Å². The maximum Gasteiger partial charge on any atom is 0.338 e. The maximum absolute atomic E-state index is 13.0.